The minimum absolute atomic E-state index is 0.0499. The van der Waals surface area contributed by atoms with Gasteiger partial charge in [0, 0.05) is 6.20 Å². The molecule has 0 radical (unpaired) electrons. The third-order valence-electron chi connectivity index (χ3n) is 2.59. The summed E-state index contributed by atoms with van der Waals surface area (Å²) in [5.41, 5.74) is -0.717. The van der Waals surface area contributed by atoms with Gasteiger partial charge in [-0.25, -0.2) is 18.1 Å². The van der Waals surface area contributed by atoms with Gasteiger partial charge in [0.05, 0.1) is 17.2 Å². The molecule has 8 heteroatoms. The van der Waals surface area contributed by atoms with Crippen LogP contribution in [0.1, 0.15) is 12.8 Å². The van der Waals surface area contributed by atoms with E-state index in [0.717, 1.165) is 6.20 Å². The summed E-state index contributed by atoms with van der Waals surface area (Å²) in [6.45, 7) is -0.221. The van der Waals surface area contributed by atoms with Gasteiger partial charge >= 0.3 is 0 Å². The number of sulfonamides is 1. The molecule has 94 valence electrons. The number of hydrogen-bond donors (Lipinski definition) is 2. The van der Waals surface area contributed by atoms with E-state index < -0.39 is 15.6 Å². The fourth-order valence-electron chi connectivity index (χ4n) is 1.34. The van der Waals surface area contributed by atoms with E-state index in [-0.39, 0.29) is 21.7 Å². The van der Waals surface area contributed by atoms with Gasteiger partial charge in [0.1, 0.15) is 10.0 Å². The maximum absolute atomic E-state index is 11.9. The molecule has 17 heavy (non-hydrogen) atoms. The lowest BCUT2D eigenvalue weighted by molar-refractivity contribution is 0.246. The number of aliphatic hydroxyl groups is 1. The van der Waals surface area contributed by atoms with Crippen molar-refractivity contribution in [3.8, 4) is 0 Å². The Morgan fingerprint density at radius 2 is 2.12 bits per heavy atom. The van der Waals surface area contributed by atoms with Crippen molar-refractivity contribution in [3.63, 3.8) is 0 Å². The molecule has 5 nitrogen and oxygen atoms in total. The summed E-state index contributed by atoms with van der Waals surface area (Å²) < 4.78 is 26.3. The summed E-state index contributed by atoms with van der Waals surface area (Å²) in [5.74, 6) is 0. The average Bonchev–Trinajstić information content (AvgIpc) is 3.02. The van der Waals surface area contributed by atoms with Crippen LogP contribution in [0.15, 0.2) is 17.2 Å². The Balaban J connectivity index is 2.29. The molecule has 2 rings (SSSR count). The molecule has 0 atom stereocenters. The summed E-state index contributed by atoms with van der Waals surface area (Å²) in [7, 11) is -3.72. The van der Waals surface area contributed by atoms with Gasteiger partial charge in [-0.2, -0.15) is 0 Å². The molecule has 0 bridgehead atoms. The Kier molecular flexibility index (Phi) is 3.35. The molecule has 1 aromatic heterocycles. The second kappa shape index (κ2) is 4.37. The fourth-order valence-corrected chi connectivity index (χ4v) is 3.09. The fraction of sp³-hybridized carbons (Fsp3) is 0.444. The molecular weight excluding hydrogens is 287 g/mol. The maximum atomic E-state index is 11.9. The van der Waals surface area contributed by atoms with Crippen LogP contribution < -0.4 is 4.72 Å². The van der Waals surface area contributed by atoms with E-state index in [9.17, 15) is 8.42 Å². The average molecular weight is 297 g/mol. The van der Waals surface area contributed by atoms with E-state index in [1.807, 2.05) is 0 Å². The number of pyridine rings is 1. The molecule has 0 aromatic carbocycles. The highest BCUT2D eigenvalue weighted by Crippen LogP contribution is 2.36. The van der Waals surface area contributed by atoms with Gasteiger partial charge in [0.15, 0.2) is 0 Å². The van der Waals surface area contributed by atoms with Gasteiger partial charge < -0.3 is 5.11 Å². The number of hydrogen-bond acceptors (Lipinski definition) is 4. The first-order chi connectivity index (χ1) is 7.88. The minimum Gasteiger partial charge on any atom is -0.394 e. The largest absolute Gasteiger partial charge is 0.394 e. The van der Waals surface area contributed by atoms with Crippen molar-refractivity contribution in [1.29, 1.82) is 0 Å². The molecule has 1 aliphatic carbocycles. The zero-order valence-electron chi connectivity index (χ0n) is 8.65. The van der Waals surface area contributed by atoms with Crippen LogP contribution in [-0.2, 0) is 10.0 Å². The zero-order valence-corrected chi connectivity index (χ0v) is 11.0. The van der Waals surface area contributed by atoms with Crippen LogP contribution in [0, 0.1) is 0 Å². The van der Waals surface area contributed by atoms with Crippen LogP contribution in [0.25, 0.3) is 0 Å². The molecule has 1 aliphatic rings. The molecule has 1 aromatic rings. The minimum atomic E-state index is -3.72. The Morgan fingerprint density at radius 3 is 2.59 bits per heavy atom. The highest BCUT2D eigenvalue weighted by atomic mass is 35.5. The second-order valence-corrected chi connectivity index (χ2v) is 6.44. The van der Waals surface area contributed by atoms with E-state index in [2.05, 4.69) is 9.71 Å². The molecule has 0 saturated heterocycles. The van der Waals surface area contributed by atoms with Gasteiger partial charge in [-0.3, -0.25) is 0 Å². The molecule has 0 unspecified atom stereocenters. The molecular formula is C9H10Cl2N2O3S. The number of nitrogens with zero attached hydrogens (tertiary/aromatic N) is 1. The third-order valence-corrected chi connectivity index (χ3v) is 4.82. The van der Waals surface area contributed by atoms with Crippen LogP contribution in [0.3, 0.4) is 0 Å². The molecule has 2 N–H and O–H groups in total. The van der Waals surface area contributed by atoms with Crippen molar-refractivity contribution in [1.82, 2.24) is 9.71 Å². The van der Waals surface area contributed by atoms with Crippen molar-refractivity contribution in [2.75, 3.05) is 6.61 Å². The quantitative estimate of drug-likeness (QED) is 0.818. The van der Waals surface area contributed by atoms with Crippen molar-refractivity contribution in [3.05, 3.63) is 22.4 Å². The monoisotopic (exact) mass is 296 g/mol. The van der Waals surface area contributed by atoms with Gasteiger partial charge in [0.25, 0.3) is 0 Å². The number of rotatable bonds is 4. The number of nitrogens with one attached hydrogen (secondary N) is 1. The van der Waals surface area contributed by atoms with E-state index in [4.69, 9.17) is 28.3 Å². The van der Waals surface area contributed by atoms with E-state index in [0.29, 0.717) is 12.8 Å². The first-order valence-corrected chi connectivity index (χ1v) is 7.08. The zero-order chi connectivity index (χ0) is 12.7. The maximum Gasteiger partial charge on any atom is 0.242 e. The second-order valence-electron chi connectivity index (χ2n) is 3.99. The highest BCUT2D eigenvalue weighted by Gasteiger charge is 2.45. The number of halogens is 2. The van der Waals surface area contributed by atoms with Crippen LogP contribution in [0.4, 0.5) is 0 Å². The van der Waals surface area contributed by atoms with Crippen molar-refractivity contribution >= 4 is 33.2 Å². The Bertz CT molecular complexity index is 543. The van der Waals surface area contributed by atoms with Gasteiger partial charge in [-0.15, -0.1) is 0 Å². The predicted octanol–water partition coefficient (Wildman–Crippen LogP) is 1.19. The van der Waals surface area contributed by atoms with Crippen molar-refractivity contribution < 1.29 is 13.5 Å². The first kappa shape index (κ1) is 13.0. The van der Waals surface area contributed by atoms with Crippen molar-refractivity contribution in [2.45, 2.75) is 23.3 Å². The van der Waals surface area contributed by atoms with Crippen LogP contribution in [-0.4, -0.2) is 30.7 Å². The summed E-state index contributed by atoms with van der Waals surface area (Å²) in [5, 5.41) is 9.20. The molecule has 0 aliphatic heterocycles. The molecule has 1 heterocycles. The van der Waals surface area contributed by atoms with E-state index >= 15 is 0 Å². The summed E-state index contributed by atoms with van der Waals surface area (Å²) in [6.07, 6.45) is 2.37. The molecule has 1 fully saturated rings. The predicted molar refractivity (Wildman–Crippen MR) is 63.6 cm³/mol. The normalized spacial score (nSPS) is 18.1. The Labute approximate surface area is 109 Å². The van der Waals surface area contributed by atoms with E-state index in [1.165, 1.54) is 6.07 Å². The smallest absolute Gasteiger partial charge is 0.242 e. The van der Waals surface area contributed by atoms with Gasteiger partial charge in [-0.1, -0.05) is 23.2 Å². The van der Waals surface area contributed by atoms with Crippen molar-refractivity contribution in [2.24, 2.45) is 0 Å². The first-order valence-electron chi connectivity index (χ1n) is 4.84. The third kappa shape index (κ3) is 2.71. The van der Waals surface area contributed by atoms with Gasteiger partial charge in [-0.05, 0) is 18.9 Å². The molecule has 1 saturated carbocycles. The van der Waals surface area contributed by atoms with E-state index in [1.54, 1.807) is 0 Å². The summed E-state index contributed by atoms with van der Waals surface area (Å²) in [6, 6.07) is 1.23. The molecule has 0 amide bonds. The lowest BCUT2D eigenvalue weighted by atomic mass is 10.3. The number of aromatic nitrogens is 1. The standard InChI is InChI=1S/C9H10Cl2N2O3S/c10-7-3-6(4-12-8(7)11)17(15,16)13-9(5-14)1-2-9/h3-4,13-14H,1-2,5H2. The van der Waals surface area contributed by atoms with Crippen LogP contribution >= 0.6 is 23.2 Å². The van der Waals surface area contributed by atoms with Gasteiger partial charge in [0.2, 0.25) is 10.0 Å². The lowest BCUT2D eigenvalue weighted by Gasteiger charge is -2.14. The van der Waals surface area contributed by atoms with Crippen LogP contribution in [0.5, 0.6) is 0 Å². The summed E-state index contributed by atoms with van der Waals surface area (Å²) >= 11 is 11.3. The highest BCUT2D eigenvalue weighted by molar-refractivity contribution is 7.89. The Hall–Kier alpha value is -0.400. The topological polar surface area (TPSA) is 79.3 Å². The Morgan fingerprint density at radius 1 is 1.47 bits per heavy atom. The lowest BCUT2D eigenvalue weighted by Crippen LogP contribution is -2.39. The number of aliphatic hydroxyl groups excluding tert-OH is 1. The SMILES string of the molecule is O=S(=O)(NC1(CO)CC1)c1cnc(Cl)c(Cl)c1. The van der Waals surface area contributed by atoms with Crippen LogP contribution in [0.2, 0.25) is 10.2 Å². The molecule has 0 spiro atoms. The summed E-state index contributed by atoms with van der Waals surface area (Å²) in [4.78, 5) is 3.61.